The number of carbonyl (C=O) groups excluding carboxylic acids is 2. The van der Waals surface area contributed by atoms with E-state index < -0.39 is 0 Å². The molecule has 1 aromatic rings. The molecule has 0 saturated carbocycles. The van der Waals surface area contributed by atoms with E-state index in [9.17, 15) is 9.59 Å². The molecule has 0 aliphatic carbocycles. The summed E-state index contributed by atoms with van der Waals surface area (Å²) in [6.07, 6.45) is 1.13. The fraction of sp³-hybridized carbons (Fsp3) is 0.429. The smallest absolute Gasteiger partial charge is 0.244 e. The number of β-lactam (4-membered cyclic amide) rings is 1. The third-order valence-corrected chi connectivity index (χ3v) is 2.62. The van der Waals surface area contributed by atoms with E-state index in [2.05, 4.69) is 10.6 Å². The van der Waals surface area contributed by atoms with Crippen LogP contribution < -0.4 is 10.6 Å². The zero-order valence-electron chi connectivity index (χ0n) is 10.9. The van der Waals surface area contributed by atoms with Gasteiger partial charge in [-0.2, -0.15) is 0 Å². The van der Waals surface area contributed by atoms with E-state index in [-0.39, 0.29) is 17.9 Å². The lowest BCUT2D eigenvalue weighted by atomic mass is 10.1. The van der Waals surface area contributed by atoms with Crippen molar-refractivity contribution in [3.05, 3.63) is 35.9 Å². The van der Waals surface area contributed by atoms with Gasteiger partial charge in [-0.25, -0.2) is 0 Å². The van der Waals surface area contributed by atoms with E-state index in [1.54, 1.807) is 0 Å². The molecule has 1 aliphatic rings. The summed E-state index contributed by atoms with van der Waals surface area (Å²) in [5, 5.41) is 5.27. The number of amides is 2. The van der Waals surface area contributed by atoms with Crippen molar-refractivity contribution in [1.29, 1.82) is 0 Å². The molecule has 0 spiro atoms. The maximum Gasteiger partial charge on any atom is 0.244 e. The molecular weight excluding hydrogens is 228 g/mol. The van der Waals surface area contributed by atoms with Crippen molar-refractivity contribution in [2.45, 2.75) is 32.7 Å². The molecule has 1 atom stereocenters. The monoisotopic (exact) mass is 248 g/mol. The molecule has 1 aromatic carbocycles. The highest BCUT2D eigenvalue weighted by atomic mass is 16.2. The zero-order valence-corrected chi connectivity index (χ0v) is 10.9. The molecule has 98 valence electrons. The van der Waals surface area contributed by atoms with Crippen LogP contribution in [0.5, 0.6) is 0 Å². The minimum absolute atomic E-state index is 0.0660. The van der Waals surface area contributed by atoms with E-state index in [0.717, 1.165) is 5.56 Å². The molecule has 2 N–H and O–H groups in total. The van der Waals surface area contributed by atoms with Crippen LogP contribution in [0, 0.1) is 0 Å². The number of carbonyl (C=O) groups is 2. The van der Waals surface area contributed by atoms with Crippen molar-refractivity contribution in [3.63, 3.8) is 0 Å². The van der Waals surface area contributed by atoms with Crippen molar-refractivity contribution >= 4 is 11.8 Å². The fourth-order valence-corrected chi connectivity index (χ4v) is 1.57. The van der Waals surface area contributed by atoms with Crippen molar-refractivity contribution in [2.24, 2.45) is 0 Å². The standard InChI is InChI=1S/C12H14N2O2.C2H6/c15-11(14-10-8-13-12(10)16)7-6-9-4-2-1-3-5-9;1-2/h1-5,10H,6-8H2,(H,13,16)(H,14,15);1-2H3. The largest absolute Gasteiger partial charge is 0.352 e. The summed E-state index contributed by atoms with van der Waals surface area (Å²) in [5.41, 5.74) is 1.13. The Morgan fingerprint density at radius 1 is 1.33 bits per heavy atom. The summed E-state index contributed by atoms with van der Waals surface area (Å²) in [6.45, 7) is 4.55. The third kappa shape index (κ3) is 4.20. The van der Waals surface area contributed by atoms with Gasteiger partial charge < -0.3 is 10.6 Å². The maximum atomic E-state index is 11.5. The normalized spacial score (nSPS) is 16.8. The van der Waals surface area contributed by atoms with Crippen LogP contribution in [0.25, 0.3) is 0 Å². The van der Waals surface area contributed by atoms with Crippen LogP contribution in [0.4, 0.5) is 0 Å². The van der Waals surface area contributed by atoms with E-state index >= 15 is 0 Å². The van der Waals surface area contributed by atoms with Crippen LogP contribution >= 0.6 is 0 Å². The topological polar surface area (TPSA) is 58.2 Å². The molecule has 1 saturated heterocycles. The molecule has 0 aromatic heterocycles. The van der Waals surface area contributed by atoms with E-state index in [1.807, 2.05) is 44.2 Å². The van der Waals surface area contributed by atoms with Crippen molar-refractivity contribution in [2.75, 3.05) is 6.54 Å². The first-order valence-corrected chi connectivity index (χ1v) is 6.37. The highest BCUT2D eigenvalue weighted by Gasteiger charge is 2.28. The molecule has 1 unspecified atom stereocenters. The molecule has 0 radical (unpaired) electrons. The van der Waals surface area contributed by atoms with Gasteiger partial charge in [0.15, 0.2) is 0 Å². The molecule has 4 nitrogen and oxygen atoms in total. The van der Waals surface area contributed by atoms with Gasteiger partial charge >= 0.3 is 0 Å². The van der Waals surface area contributed by atoms with Crippen LogP contribution in [0.15, 0.2) is 30.3 Å². The molecule has 2 amide bonds. The first-order chi connectivity index (χ1) is 8.75. The molecule has 2 rings (SSSR count). The Bertz CT molecular complexity index is 390. The van der Waals surface area contributed by atoms with Crippen molar-refractivity contribution in [3.8, 4) is 0 Å². The van der Waals surface area contributed by atoms with Crippen LogP contribution in [-0.4, -0.2) is 24.4 Å². The van der Waals surface area contributed by atoms with Crippen LogP contribution in [-0.2, 0) is 16.0 Å². The van der Waals surface area contributed by atoms with Crippen LogP contribution in [0.2, 0.25) is 0 Å². The number of aryl methyl sites for hydroxylation is 1. The quantitative estimate of drug-likeness (QED) is 0.788. The van der Waals surface area contributed by atoms with Gasteiger partial charge in [0.2, 0.25) is 11.8 Å². The number of hydrogen-bond acceptors (Lipinski definition) is 2. The second-order valence-corrected chi connectivity index (χ2v) is 3.85. The van der Waals surface area contributed by atoms with Crippen molar-refractivity contribution in [1.82, 2.24) is 10.6 Å². The van der Waals surface area contributed by atoms with Gasteiger partial charge in [-0.3, -0.25) is 9.59 Å². The molecular formula is C14H20N2O2. The second-order valence-electron chi connectivity index (χ2n) is 3.85. The SMILES string of the molecule is CC.O=C(CCc1ccccc1)NC1CNC1=O. The third-order valence-electron chi connectivity index (χ3n) is 2.62. The Balaban J connectivity index is 0.000000771. The summed E-state index contributed by atoms with van der Waals surface area (Å²) in [6, 6.07) is 9.51. The highest BCUT2D eigenvalue weighted by Crippen LogP contribution is 2.03. The first kappa shape index (κ1) is 14.2. The predicted octanol–water partition coefficient (Wildman–Crippen LogP) is 1.26. The maximum absolute atomic E-state index is 11.5. The van der Waals surface area contributed by atoms with Gasteiger partial charge in [0.05, 0.1) is 0 Å². The summed E-state index contributed by atoms with van der Waals surface area (Å²) in [5.74, 6) is -0.156. The Morgan fingerprint density at radius 3 is 2.50 bits per heavy atom. The van der Waals surface area contributed by atoms with Crippen LogP contribution in [0.1, 0.15) is 25.8 Å². The molecule has 18 heavy (non-hydrogen) atoms. The summed E-state index contributed by atoms with van der Waals surface area (Å²) in [4.78, 5) is 22.4. The van der Waals surface area contributed by atoms with E-state index in [4.69, 9.17) is 0 Å². The number of benzene rings is 1. The lowest BCUT2D eigenvalue weighted by molar-refractivity contribution is -0.133. The lowest BCUT2D eigenvalue weighted by Crippen LogP contribution is -2.61. The molecule has 1 aliphatic heterocycles. The minimum Gasteiger partial charge on any atom is -0.352 e. The molecule has 1 fully saturated rings. The average molecular weight is 248 g/mol. The van der Waals surface area contributed by atoms with Gasteiger partial charge in [-0.1, -0.05) is 44.2 Å². The van der Waals surface area contributed by atoms with Crippen molar-refractivity contribution < 1.29 is 9.59 Å². The number of rotatable bonds is 4. The Kier molecular flexibility index (Phi) is 5.91. The molecule has 4 heteroatoms. The van der Waals surface area contributed by atoms with E-state index in [1.165, 1.54) is 0 Å². The summed E-state index contributed by atoms with van der Waals surface area (Å²) >= 11 is 0. The lowest BCUT2D eigenvalue weighted by Gasteiger charge is -2.26. The zero-order chi connectivity index (χ0) is 13.4. The van der Waals surface area contributed by atoms with Gasteiger partial charge in [-0.15, -0.1) is 0 Å². The van der Waals surface area contributed by atoms with Gasteiger partial charge in [-0.05, 0) is 12.0 Å². The van der Waals surface area contributed by atoms with Gasteiger partial charge in [0, 0.05) is 13.0 Å². The van der Waals surface area contributed by atoms with Crippen LogP contribution in [0.3, 0.4) is 0 Å². The van der Waals surface area contributed by atoms with Gasteiger partial charge in [0.25, 0.3) is 0 Å². The Hall–Kier alpha value is -1.84. The highest BCUT2D eigenvalue weighted by molar-refractivity contribution is 5.92. The number of hydrogen-bond donors (Lipinski definition) is 2. The van der Waals surface area contributed by atoms with E-state index in [0.29, 0.717) is 19.4 Å². The predicted molar refractivity (Wildman–Crippen MR) is 71.1 cm³/mol. The Morgan fingerprint density at radius 2 is 2.00 bits per heavy atom. The Labute approximate surface area is 108 Å². The average Bonchev–Trinajstić information content (AvgIpc) is 2.44. The summed E-state index contributed by atoms with van der Waals surface area (Å²) in [7, 11) is 0. The second kappa shape index (κ2) is 7.48. The van der Waals surface area contributed by atoms with Gasteiger partial charge in [0.1, 0.15) is 6.04 Å². The summed E-state index contributed by atoms with van der Waals surface area (Å²) < 4.78 is 0. The molecule has 1 heterocycles. The molecule has 0 bridgehead atoms. The minimum atomic E-state index is -0.316. The number of nitrogens with one attached hydrogen (secondary N) is 2. The fourth-order valence-electron chi connectivity index (χ4n) is 1.57. The first-order valence-electron chi connectivity index (χ1n) is 6.37.